The Morgan fingerprint density at radius 1 is 1.00 bits per heavy atom. The van der Waals surface area contributed by atoms with E-state index in [2.05, 4.69) is 21.2 Å². The van der Waals surface area contributed by atoms with Crippen molar-refractivity contribution < 1.29 is 14.4 Å². The lowest BCUT2D eigenvalue weighted by Crippen LogP contribution is -2.48. The first-order valence-electron chi connectivity index (χ1n) is 7.24. The van der Waals surface area contributed by atoms with E-state index in [1.165, 1.54) is 0 Å². The molecule has 1 amide bonds. The van der Waals surface area contributed by atoms with Gasteiger partial charge in [0, 0.05) is 16.5 Å². The molecule has 0 aromatic heterocycles. The van der Waals surface area contributed by atoms with Crippen molar-refractivity contribution in [3.8, 4) is 0 Å². The smallest absolute Gasteiger partial charge is 0.239 e. The van der Waals surface area contributed by atoms with Crippen LogP contribution in [0.4, 0.5) is 0 Å². The van der Waals surface area contributed by atoms with Crippen LogP contribution in [0.5, 0.6) is 0 Å². The Kier molecular flexibility index (Phi) is 4.39. The lowest BCUT2D eigenvalue weighted by atomic mass is 9.84. The maximum absolute atomic E-state index is 12.6. The highest BCUT2D eigenvalue weighted by atomic mass is 79.9. The quantitative estimate of drug-likeness (QED) is 0.665. The summed E-state index contributed by atoms with van der Waals surface area (Å²) in [4.78, 5) is 37.3. The van der Waals surface area contributed by atoms with Gasteiger partial charge in [-0.05, 0) is 11.6 Å². The molecule has 2 atom stereocenters. The Morgan fingerprint density at radius 3 is 2.30 bits per heavy atom. The van der Waals surface area contributed by atoms with E-state index in [-0.39, 0.29) is 18.2 Å². The maximum atomic E-state index is 12.6. The second kappa shape index (κ2) is 6.46. The van der Waals surface area contributed by atoms with Crippen molar-refractivity contribution in [3.63, 3.8) is 0 Å². The molecule has 2 aromatic rings. The molecule has 0 bridgehead atoms. The molecule has 116 valence electrons. The van der Waals surface area contributed by atoms with Gasteiger partial charge >= 0.3 is 0 Å². The van der Waals surface area contributed by atoms with Crippen LogP contribution in [-0.4, -0.2) is 17.5 Å². The average Bonchev–Trinajstić information content (AvgIpc) is 2.55. The fourth-order valence-corrected chi connectivity index (χ4v) is 3.22. The van der Waals surface area contributed by atoms with Gasteiger partial charge in [-0.15, -0.1) is 0 Å². The summed E-state index contributed by atoms with van der Waals surface area (Å²) in [5.41, 5.74) is 1.21. The molecule has 1 heterocycles. The topological polar surface area (TPSA) is 63.2 Å². The molecular formula is C18H14BrNO3. The second-order valence-electron chi connectivity index (χ2n) is 5.42. The van der Waals surface area contributed by atoms with E-state index in [1.807, 2.05) is 30.3 Å². The molecule has 3 rings (SSSR count). The Bertz CT molecular complexity index is 755. The monoisotopic (exact) mass is 371 g/mol. The van der Waals surface area contributed by atoms with E-state index in [0.29, 0.717) is 10.0 Å². The number of benzene rings is 2. The molecule has 0 spiro atoms. The van der Waals surface area contributed by atoms with Gasteiger partial charge in [0.05, 0.1) is 6.04 Å². The lowest BCUT2D eigenvalue weighted by Gasteiger charge is -2.28. The zero-order valence-electron chi connectivity index (χ0n) is 12.2. The predicted octanol–water partition coefficient (Wildman–Crippen LogP) is 3.08. The van der Waals surface area contributed by atoms with Crippen molar-refractivity contribution in [1.82, 2.24) is 5.32 Å². The lowest BCUT2D eigenvalue weighted by molar-refractivity contribution is -0.136. The first-order valence-corrected chi connectivity index (χ1v) is 8.04. The summed E-state index contributed by atoms with van der Waals surface area (Å²) in [5.74, 6) is -2.61. The summed E-state index contributed by atoms with van der Waals surface area (Å²) in [5, 5.41) is 2.79. The number of piperidine rings is 1. The SMILES string of the molecule is O=C1CC(c2ccccc2)NC(=O)C1C(=O)c1ccccc1Br. The third-order valence-corrected chi connectivity index (χ3v) is 4.60. The zero-order chi connectivity index (χ0) is 16.4. The van der Waals surface area contributed by atoms with Gasteiger partial charge in [-0.3, -0.25) is 14.4 Å². The molecule has 1 aliphatic heterocycles. The summed E-state index contributed by atoms with van der Waals surface area (Å²) < 4.78 is 0.579. The number of hydrogen-bond donors (Lipinski definition) is 1. The molecule has 5 heteroatoms. The minimum atomic E-state index is -1.27. The van der Waals surface area contributed by atoms with E-state index >= 15 is 0 Å². The number of amides is 1. The molecular weight excluding hydrogens is 358 g/mol. The number of carbonyl (C=O) groups excluding carboxylic acids is 3. The van der Waals surface area contributed by atoms with Crippen molar-refractivity contribution in [1.29, 1.82) is 0 Å². The van der Waals surface area contributed by atoms with Gasteiger partial charge in [-0.25, -0.2) is 0 Å². The predicted molar refractivity (Wildman–Crippen MR) is 88.9 cm³/mol. The zero-order valence-corrected chi connectivity index (χ0v) is 13.7. The Balaban J connectivity index is 1.84. The number of hydrogen-bond acceptors (Lipinski definition) is 3. The third kappa shape index (κ3) is 3.10. The minimum absolute atomic E-state index is 0.122. The van der Waals surface area contributed by atoms with Crippen molar-refractivity contribution in [2.75, 3.05) is 0 Å². The number of nitrogens with one attached hydrogen (secondary N) is 1. The van der Waals surface area contributed by atoms with Crippen LogP contribution in [0.25, 0.3) is 0 Å². The summed E-state index contributed by atoms with van der Waals surface area (Å²) in [7, 11) is 0. The largest absolute Gasteiger partial charge is 0.348 e. The number of Topliss-reactive ketones (excluding diaryl/α,β-unsaturated/α-hetero) is 2. The molecule has 1 fully saturated rings. The Hall–Kier alpha value is -2.27. The van der Waals surface area contributed by atoms with Crippen molar-refractivity contribution >= 4 is 33.4 Å². The third-order valence-electron chi connectivity index (χ3n) is 3.91. The first-order chi connectivity index (χ1) is 11.1. The molecule has 1 N–H and O–H groups in total. The summed E-state index contributed by atoms with van der Waals surface area (Å²) in [6, 6.07) is 15.7. The van der Waals surface area contributed by atoms with Gasteiger partial charge in [0.1, 0.15) is 0 Å². The van der Waals surface area contributed by atoms with Crippen LogP contribution in [0.1, 0.15) is 28.4 Å². The van der Waals surface area contributed by atoms with Crippen LogP contribution in [0.15, 0.2) is 59.1 Å². The normalized spacial score (nSPS) is 20.9. The molecule has 0 radical (unpaired) electrons. The average molecular weight is 372 g/mol. The van der Waals surface area contributed by atoms with E-state index in [9.17, 15) is 14.4 Å². The van der Waals surface area contributed by atoms with E-state index < -0.39 is 17.6 Å². The first kappa shape index (κ1) is 15.6. The highest BCUT2D eigenvalue weighted by Crippen LogP contribution is 2.28. The molecule has 4 nitrogen and oxygen atoms in total. The van der Waals surface area contributed by atoms with Gasteiger partial charge in [-0.2, -0.15) is 0 Å². The maximum Gasteiger partial charge on any atom is 0.239 e. The van der Waals surface area contributed by atoms with Crippen LogP contribution in [-0.2, 0) is 9.59 Å². The molecule has 1 saturated heterocycles. The Morgan fingerprint density at radius 2 is 1.65 bits per heavy atom. The van der Waals surface area contributed by atoms with Crippen LogP contribution >= 0.6 is 15.9 Å². The van der Waals surface area contributed by atoms with Gasteiger partial charge in [0.25, 0.3) is 0 Å². The highest BCUT2D eigenvalue weighted by molar-refractivity contribution is 9.10. The highest BCUT2D eigenvalue weighted by Gasteiger charge is 2.41. The molecule has 0 aliphatic carbocycles. The Labute approximate surface area is 142 Å². The van der Waals surface area contributed by atoms with E-state index in [0.717, 1.165) is 5.56 Å². The van der Waals surface area contributed by atoms with Crippen LogP contribution in [0.2, 0.25) is 0 Å². The van der Waals surface area contributed by atoms with Gasteiger partial charge in [0.2, 0.25) is 5.91 Å². The minimum Gasteiger partial charge on any atom is -0.348 e. The summed E-state index contributed by atoms with van der Waals surface area (Å²) in [6.07, 6.45) is 0.122. The standard InChI is InChI=1S/C18H14BrNO3/c19-13-9-5-4-8-12(13)17(22)16-15(21)10-14(20-18(16)23)11-6-2-1-3-7-11/h1-9,14,16H,10H2,(H,20,23). The van der Waals surface area contributed by atoms with Crippen LogP contribution < -0.4 is 5.32 Å². The molecule has 2 unspecified atom stereocenters. The van der Waals surface area contributed by atoms with Gasteiger partial charge < -0.3 is 5.32 Å². The second-order valence-corrected chi connectivity index (χ2v) is 6.27. The van der Waals surface area contributed by atoms with Gasteiger partial charge in [0.15, 0.2) is 17.5 Å². The number of carbonyl (C=O) groups is 3. The fourth-order valence-electron chi connectivity index (χ4n) is 2.74. The number of halogens is 1. The van der Waals surface area contributed by atoms with E-state index in [1.54, 1.807) is 24.3 Å². The number of ketones is 2. The molecule has 0 saturated carbocycles. The molecule has 2 aromatic carbocycles. The van der Waals surface area contributed by atoms with Crippen LogP contribution in [0.3, 0.4) is 0 Å². The van der Waals surface area contributed by atoms with Crippen LogP contribution in [0, 0.1) is 5.92 Å². The van der Waals surface area contributed by atoms with Crippen molar-refractivity contribution in [2.45, 2.75) is 12.5 Å². The summed E-state index contributed by atoms with van der Waals surface area (Å²) >= 11 is 3.29. The summed E-state index contributed by atoms with van der Waals surface area (Å²) in [6.45, 7) is 0. The molecule has 23 heavy (non-hydrogen) atoms. The van der Waals surface area contributed by atoms with Gasteiger partial charge in [-0.1, -0.05) is 64.5 Å². The number of rotatable bonds is 3. The van der Waals surface area contributed by atoms with E-state index in [4.69, 9.17) is 0 Å². The molecule has 1 aliphatic rings. The fraction of sp³-hybridized carbons (Fsp3) is 0.167. The van der Waals surface area contributed by atoms with Crippen molar-refractivity contribution in [3.05, 3.63) is 70.2 Å². The van der Waals surface area contributed by atoms with Crippen molar-refractivity contribution in [2.24, 2.45) is 5.92 Å².